The van der Waals surface area contributed by atoms with Crippen LogP contribution in [0.4, 0.5) is 10.1 Å². The van der Waals surface area contributed by atoms with Gasteiger partial charge < -0.3 is 10.6 Å². The Kier molecular flexibility index (Phi) is 5.80. The Morgan fingerprint density at radius 1 is 1.37 bits per heavy atom. The first-order chi connectivity index (χ1) is 8.97. The highest BCUT2D eigenvalue weighted by molar-refractivity contribution is 5.94. The Balaban J connectivity index is 2.83. The van der Waals surface area contributed by atoms with Gasteiger partial charge in [0.1, 0.15) is 5.82 Å². The molecule has 1 aromatic rings. The van der Waals surface area contributed by atoms with Gasteiger partial charge in [-0.1, -0.05) is 19.8 Å². The summed E-state index contributed by atoms with van der Waals surface area (Å²) in [6.45, 7) is 6.77. The van der Waals surface area contributed by atoms with Crippen LogP contribution in [0.25, 0.3) is 0 Å². The summed E-state index contributed by atoms with van der Waals surface area (Å²) in [5.41, 5.74) is 5.85. The van der Waals surface area contributed by atoms with Crippen molar-refractivity contribution in [3.8, 4) is 0 Å². The lowest BCUT2D eigenvalue weighted by atomic mass is 10.1. The number of hydrogen-bond acceptors (Lipinski definition) is 2. The van der Waals surface area contributed by atoms with E-state index in [4.69, 9.17) is 5.73 Å². The first-order valence-electron chi connectivity index (χ1n) is 6.83. The molecular weight excluding hydrogens is 243 g/mol. The number of carbonyl (C=O) groups is 1. The van der Waals surface area contributed by atoms with Crippen molar-refractivity contribution in [1.29, 1.82) is 0 Å². The molecule has 1 rings (SSSR count). The molecule has 0 aliphatic carbocycles. The number of anilines is 1. The lowest BCUT2D eigenvalue weighted by molar-refractivity contribution is 0.0702. The maximum Gasteiger partial charge on any atom is 0.254 e. The van der Waals surface area contributed by atoms with Gasteiger partial charge in [-0.3, -0.25) is 4.79 Å². The number of halogens is 1. The predicted octanol–water partition coefficient (Wildman–Crippen LogP) is 3.45. The van der Waals surface area contributed by atoms with Gasteiger partial charge >= 0.3 is 0 Å². The summed E-state index contributed by atoms with van der Waals surface area (Å²) in [6, 6.07) is 4.33. The van der Waals surface area contributed by atoms with Crippen LogP contribution < -0.4 is 5.73 Å². The van der Waals surface area contributed by atoms with Gasteiger partial charge in [0.05, 0.1) is 5.69 Å². The third-order valence-corrected chi connectivity index (χ3v) is 3.13. The van der Waals surface area contributed by atoms with Crippen LogP contribution in [-0.2, 0) is 0 Å². The molecule has 0 saturated carbocycles. The summed E-state index contributed by atoms with van der Waals surface area (Å²) in [5.74, 6) is -0.673. The van der Waals surface area contributed by atoms with Crippen LogP contribution in [0.1, 0.15) is 50.4 Å². The second kappa shape index (κ2) is 7.12. The molecule has 0 spiro atoms. The zero-order chi connectivity index (χ0) is 14.4. The lowest BCUT2D eigenvalue weighted by Crippen LogP contribution is -2.37. The van der Waals surface area contributed by atoms with Crippen LogP contribution >= 0.6 is 0 Å². The quantitative estimate of drug-likeness (QED) is 0.633. The number of amides is 1. The number of nitrogens with two attached hydrogens (primary N) is 1. The molecule has 0 aromatic heterocycles. The average molecular weight is 266 g/mol. The molecule has 0 fully saturated rings. The Morgan fingerprint density at radius 2 is 2.05 bits per heavy atom. The molecule has 106 valence electrons. The largest absolute Gasteiger partial charge is 0.396 e. The summed E-state index contributed by atoms with van der Waals surface area (Å²) >= 11 is 0. The van der Waals surface area contributed by atoms with Crippen LogP contribution in [-0.4, -0.2) is 23.4 Å². The molecule has 0 aliphatic heterocycles. The molecule has 3 nitrogen and oxygen atoms in total. The zero-order valence-corrected chi connectivity index (χ0v) is 11.9. The Hall–Kier alpha value is -1.58. The normalized spacial score (nSPS) is 10.8. The summed E-state index contributed by atoms with van der Waals surface area (Å²) in [6.07, 6.45) is 3.17. The van der Waals surface area contributed by atoms with Gasteiger partial charge in [-0.2, -0.15) is 0 Å². The first-order valence-corrected chi connectivity index (χ1v) is 6.83. The van der Waals surface area contributed by atoms with Crippen LogP contribution in [0.15, 0.2) is 18.2 Å². The van der Waals surface area contributed by atoms with E-state index in [1.165, 1.54) is 12.1 Å². The van der Waals surface area contributed by atoms with Gasteiger partial charge in [-0.15, -0.1) is 0 Å². The van der Waals surface area contributed by atoms with Crippen molar-refractivity contribution >= 4 is 11.6 Å². The molecule has 1 aromatic carbocycles. The lowest BCUT2D eigenvalue weighted by Gasteiger charge is -2.27. The smallest absolute Gasteiger partial charge is 0.254 e. The minimum absolute atomic E-state index is 0.0682. The number of unbranched alkanes of at least 4 members (excludes halogenated alkanes) is 2. The maximum atomic E-state index is 13.4. The number of hydrogen-bond donors (Lipinski definition) is 1. The molecule has 0 heterocycles. The Labute approximate surface area is 114 Å². The number of carbonyl (C=O) groups excluding carboxylic acids is 1. The van der Waals surface area contributed by atoms with E-state index in [0.717, 1.165) is 19.3 Å². The molecule has 4 heteroatoms. The SMILES string of the molecule is CCCCCN(C(=O)c1ccc(N)c(F)c1)C(C)C. The number of benzene rings is 1. The van der Waals surface area contributed by atoms with Crippen molar-refractivity contribution in [2.24, 2.45) is 0 Å². The average Bonchev–Trinajstić information content (AvgIpc) is 2.37. The van der Waals surface area contributed by atoms with E-state index in [9.17, 15) is 9.18 Å². The molecule has 0 bridgehead atoms. The van der Waals surface area contributed by atoms with Gasteiger partial charge in [0.2, 0.25) is 0 Å². The van der Waals surface area contributed by atoms with E-state index in [1.54, 1.807) is 11.0 Å². The summed E-state index contributed by atoms with van der Waals surface area (Å²) in [4.78, 5) is 14.1. The van der Waals surface area contributed by atoms with Crippen molar-refractivity contribution < 1.29 is 9.18 Å². The molecule has 2 N–H and O–H groups in total. The van der Waals surface area contributed by atoms with E-state index in [0.29, 0.717) is 12.1 Å². The van der Waals surface area contributed by atoms with Gasteiger partial charge in [0, 0.05) is 18.2 Å². The Bertz CT molecular complexity index is 432. The monoisotopic (exact) mass is 266 g/mol. The molecule has 19 heavy (non-hydrogen) atoms. The number of rotatable bonds is 6. The summed E-state index contributed by atoms with van der Waals surface area (Å²) < 4.78 is 13.4. The van der Waals surface area contributed by atoms with Gasteiger partial charge in [-0.25, -0.2) is 4.39 Å². The van der Waals surface area contributed by atoms with Gasteiger partial charge in [0.25, 0.3) is 5.91 Å². The number of nitrogen functional groups attached to an aromatic ring is 1. The van der Waals surface area contributed by atoms with Crippen molar-refractivity contribution in [3.63, 3.8) is 0 Å². The van der Waals surface area contributed by atoms with E-state index in [-0.39, 0.29) is 17.6 Å². The maximum absolute atomic E-state index is 13.4. The standard InChI is InChI=1S/C15H23FN2O/c1-4-5-6-9-18(11(2)3)15(19)12-7-8-14(17)13(16)10-12/h7-8,10-11H,4-6,9,17H2,1-3H3. The van der Waals surface area contributed by atoms with E-state index >= 15 is 0 Å². The van der Waals surface area contributed by atoms with Crippen molar-refractivity contribution in [2.45, 2.75) is 46.1 Å². The van der Waals surface area contributed by atoms with Crippen molar-refractivity contribution in [3.05, 3.63) is 29.6 Å². The minimum Gasteiger partial charge on any atom is -0.396 e. The highest BCUT2D eigenvalue weighted by Crippen LogP contribution is 2.15. The van der Waals surface area contributed by atoms with E-state index in [1.807, 2.05) is 13.8 Å². The topological polar surface area (TPSA) is 46.3 Å². The number of nitrogens with zero attached hydrogens (tertiary/aromatic N) is 1. The third-order valence-electron chi connectivity index (χ3n) is 3.13. The highest BCUT2D eigenvalue weighted by Gasteiger charge is 2.19. The summed E-state index contributed by atoms with van der Waals surface area (Å²) in [7, 11) is 0. The summed E-state index contributed by atoms with van der Waals surface area (Å²) in [5, 5.41) is 0. The molecule has 0 aliphatic rings. The molecule has 0 atom stereocenters. The van der Waals surface area contributed by atoms with Crippen LogP contribution in [0.3, 0.4) is 0 Å². The molecule has 0 radical (unpaired) electrons. The van der Waals surface area contributed by atoms with Crippen molar-refractivity contribution in [1.82, 2.24) is 4.90 Å². The van der Waals surface area contributed by atoms with Crippen LogP contribution in [0.2, 0.25) is 0 Å². The molecular formula is C15H23FN2O. The second-order valence-electron chi connectivity index (χ2n) is 5.04. The first kappa shape index (κ1) is 15.5. The van der Waals surface area contributed by atoms with E-state index in [2.05, 4.69) is 6.92 Å². The van der Waals surface area contributed by atoms with Gasteiger partial charge in [-0.05, 0) is 38.5 Å². The molecule has 0 saturated heterocycles. The highest BCUT2D eigenvalue weighted by atomic mass is 19.1. The fraction of sp³-hybridized carbons (Fsp3) is 0.533. The fourth-order valence-corrected chi connectivity index (χ4v) is 1.95. The zero-order valence-electron chi connectivity index (χ0n) is 11.9. The second-order valence-corrected chi connectivity index (χ2v) is 5.04. The van der Waals surface area contributed by atoms with Crippen LogP contribution in [0.5, 0.6) is 0 Å². The van der Waals surface area contributed by atoms with E-state index < -0.39 is 5.82 Å². The minimum atomic E-state index is -0.539. The van der Waals surface area contributed by atoms with Crippen LogP contribution in [0, 0.1) is 5.82 Å². The third kappa shape index (κ3) is 4.23. The molecule has 1 amide bonds. The van der Waals surface area contributed by atoms with Crippen molar-refractivity contribution in [2.75, 3.05) is 12.3 Å². The Morgan fingerprint density at radius 3 is 2.58 bits per heavy atom. The molecule has 0 unspecified atom stereocenters. The predicted molar refractivity (Wildman–Crippen MR) is 76.5 cm³/mol. The fourth-order valence-electron chi connectivity index (χ4n) is 1.95. The van der Waals surface area contributed by atoms with Gasteiger partial charge in [0.15, 0.2) is 0 Å².